The predicted octanol–water partition coefficient (Wildman–Crippen LogP) is 3.00. The van der Waals surface area contributed by atoms with Crippen LogP contribution >= 0.6 is 12.2 Å². The standard InChI is InChI=1S/C15H12N6O5S/c22-14-13(11-7-10(21(25)26)5-6-12(11)17-14)18-19-15(27)16-8-1-3-9(4-2-8)20(23)24/h1-7,17-18,22H,(H2,16,19,27). The van der Waals surface area contributed by atoms with E-state index < -0.39 is 9.85 Å². The third-order valence-electron chi connectivity index (χ3n) is 3.61. The molecule has 138 valence electrons. The molecule has 3 aromatic rings. The van der Waals surface area contributed by atoms with Gasteiger partial charge in [-0.15, -0.1) is 0 Å². The van der Waals surface area contributed by atoms with Crippen LogP contribution in [0.2, 0.25) is 0 Å². The first-order chi connectivity index (χ1) is 12.8. The Morgan fingerprint density at radius 2 is 1.67 bits per heavy atom. The fourth-order valence-corrected chi connectivity index (χ4v) is 2.52. The number of thiocarbonyl (C=S) groups is 1. The van der Waals surface area contributed by atoms with Crippen molar-refractivity contribution < 1.29 is 15.0 Å². The summed E-state index contributed by atoms with van der Waals surface area (Å²) in [6.07, 6.45) is 0. The van der Waals surface area contributed by atoms with Gasteiger partial charge in [-0.05, 0) is 30.4 Å². The maximum atomic E-state index is 10.9. The third kappa shape index (κ3) is 3.85. The summed E-state index contributed by atoms with van der Waals surface area (Å²) in [7, 11) is 0. The van der Waals surface area contributed by atoms with Crippen molar-refractivity contribution >= 4 is 51.0 Å². The first-order valence-electron chi connectivity index (χ1n) is 7.41. The van der Waals surface area contributed by atoms with Crippen molar-refractivity contribution in [2.24, 2.45) is 0 Å². The van der Waals surface area contributed by atoms with E-state index in [2.05, 4.69) is 21.2 Å². The lowest BCUT2D eigenvalue weighted by atomic mass is 10.2. The monoisotopic (exact) mass is 388 g/mol. The molecule has 0 aliphatic heterocycles. The molecule has 1 heterocycles. The number of nitrogens with zero attached hydrogens (tertiary/aromatic N) is 2. The van der Waals surface area contributed by atoms with E-state index in [9.17, 15) is 25.3 Å². The summed E-state index contributed by atoms with van der Waals surface area (Å²) < 4.78 is 0. The Bertz CT molecular complexity index is 1050. The Morgan fingerprint density at radius 1 is 1.04 bits per heavy atom. The highest BCUT2D eigenvalue weighted by molar-refractivity contribution is 7.80. The average Bonchev–Trinajstić information content (AvgIpc) is 2.94. The molecule has 27 heavy (non-hydrogen) atoms. The minimum absolute atomic E-state index is 0.0529. The maximum absolute atomic E-state index is 10.9. The smallest absolute Gasteiger partial charge is 0.270 e. The van der Waals surface area contributed by atoms with Crippen LogP contribution in [-0.4, -0.2) is 25.0 Å². The van der Waals surface area contributed by atoms with Crippen LogP contribution in [0.3, 0.4) is 0 Å². The van der Waals surface area contributed by atoms with Gasteiger partial charge in [0.25, 0.3) is 11.4 Å². The summed E-state index contributed by atoms with van der Waals surface area (Å²) in [6.45, 7) is 0. The zero-order valence-electron chi connectivity index (χ0n) is 13.4. The van der Waals surface area contributed by atoms with Crippen LogP contribution in [0.25, 0.3) is 10.9 Å². The van der Waals surface area contributed by atoms with Crippen molar-refractivity contribution in [3.05, 3.63) is 62.7 Å². The van der Waals surface area contributed by atoms with Gasteiger partial charge in [-0.3, -0.25) is 31.1 Å². The molecule has 2 aromatic carbocycles. The van der Waals surface area contributed by atoms with E-state index >= 15 is 0 Å². The molecule has 0 aliphatic rings. The van der Waals surface area contributed by atoms with Crippen LogP contribution in [0.4, 0.5) is 22.7 Å². The fourth-order valence-electron chi connectivity index (χ4n) is 2.35. The maximum Gasteiger partial charge on any atom is 0.270 e. The molecule has 1 aromatic heterocycles. The van der Waals surface area contributed by atoms with Gasteiger partial charge in [-0.25, -0.2) is 0 Å². The number of hydrogen-bond acceptors (Lipinski definition) is 7. The molecule has 0 radical (unpaired) electrons. The van der Waals surface area contributed by atoms with E-state index in [0.29, 0.717) is 16.6 Å². The van der Waals surface area contributed by atoms with E-state index in [1.54, 1.807) is 0 Å². The Hall–Kier alpha value is -3.93. The number of nitro benzene ring substituents is 2. The molecule has 0 bridgehead atoms. The number of aromatic hydroxyl groups is 1. The highest BCUT2D eigenvalue weighted by Gasteiger charge is 2.15. The number of nitrogens with one attached hydrogen (secondary N) is 4. The summed E-state index contributed by atoms with van der Waals surface area (Å²) in [5.41, 5.74) is 6.34. The molecule has 0 fully saturated rings. The summed E-state index contributed by atoms with van der Waals surface area (Å²) in [5, 5.41) is 34.9. The topological polar surface area (TPSA) is 158 Å². The number of non-ortho nitro benzene ring substituents is 2. The van der Waals surface area contributed by atoms with Gasteiger partial charge in [0.15, 0.2) is 5.11 Å². The van der Waals surface area contributed by atoms with E-state index in [1.165, 1.54) is 42.5 Å². The Kier molecular flexibility index (Phi) is 4.72. The number of fused-ring (bicyclic) bond motifs is 1. The number of rotatable bonds is 5. The number of aromatic nitrogens is 1. The lowest BCUT2D eigenvalue weighted by molar-refractivity contribution is -0.385. The molecule has 0 aliphatic carbocycles. The van der Waals surface area contributed by atoms with Crippen molar-refractivity contribution in [2.45, 2.75) is 0 Å². The van der Waals surface area contributed by atoms with Crippen LogP contribution in [-0.2, 0) is 0 Å². The Morgan fingerprint density at radius 3 is 2.30 bits per heavy atom. The minimum Gasteiger partial charge on any atom is -0.493 e. The van der Waals surface area contributed by atoms with Crippen molar-refractivity contribution in [2.75, 3.05) is 10.7 Å². The Labute approximate surface area is 156 Å². The van der Waals surface area contributed by atoms with Gasteiger partial charge >= 0.3 is 0 Å². The highest BCUT2D eigenvalue weighted by Crippen LogP contribution is 2.34. The van der Waals surface area contributed by atoms with Gasteiger partial charge in [-0.1, -0.05) is 0 Å². The molecule has 0 saturated carbocycles. The quantitative estimate of drug-likeness (QED) is 0.251. The molecule has 11 nitrogen and oxygen atoms in total. The zero-order valence-corrected chi connectivity index (χ0v) is 14.2. The number of H-pyrrole nitrogens is 1. The minimum atomic E-state index is -0.540. The van der Waals surface area contributed by atoms with Crippen LogP contribution in [0.15, 0.2) is 42.5 Å². The molecule has 0 amide bonds. The summed E-state index contributed by atoms with van der Waals surface area (Å²) in [4.78, 5) is 23.2. The first-order valence-corrected chi connectivity index (χ1v) is 7.82. The molecule has 0 atom stereocenters. The number of hydrogen-bond donors (Lipinski definition) is 5. The second-order valence-electron chi connectivity index (χ2n) is 5.34. The van der Waals surface area contributed by atoms with Gasteiger partial charge in [0.2, 0.25) is 5.88 Å². The lowest BCUT2D eigenvalue weighted by Crippen LogP contribution is -2.33. The van der Waals surface area contributed by atoms with E-state index in [0.717, 1.165) is 0 Å². The normalized spacial score (nSPS) is 10.4. The SMILES string of the molecule is O=[N+]([O-])c1ccc(NC(=S)NNc2c(O)[nH]c3ccc([N+](=O)[O-])cc23)cc1. The summed E-state index contributed by atoms with van der Waals surface area (Å²) in [5.74, 6) is -0.226. The zero-order chi connectivity index (χ0) is 19.6. The van der Waals surface area contributed by atoms with Crippen molar-refractivity contribution in [3.8, 4) is 5.88 Å². The first kappa shape index (κ1) is 17.9. The molecule has 5 N–H and O–H groups in total. The summed E-state index contributed by atoms with van der Waals surface area (Å²) in [6, 6.07) is 9.72. The van der Waals surface area contributed by atoms with Crippen molar-refractivity contribution in [1.29, 1.82) is 0 Å². The number of hydrazine groups is 1. The molecule has 0 spiro atoms. The molecular formula is C15H12N6O5S. The van der Waals surface area contributed by atoms with E-state index in [4.69, 9.17) is 12.2 Å². The molecule has 12 heteroatoms. The highest BCUT2D eigenvalue weighted by atomic mass is 32.1. The predicted molar refractivity (Wildman–Crippen MR) is 103 cm³/mol. The van der Waals surface area contributed by atoms with Crippen molar-refractivity contribution in [1.82, 2.24) is 10.4 Å². The van der Waals surface area contributed by atoms with Gasteiger partial charge in [0.05, 0.1) is 15.4 Å². The number of aromatic amines is 1. The fraction of sp³-hybridized carbons (Fsp3) is 0. The third-order valence-corrected chi connectivity index (χ3v) is 3.81. The van der Waals surface area contributed by atoms with Crippen LogP contribution in [0, 0.1) is 20.2 Å². The van der Waals surface area contributed by atoms with Gasteiger partial charge in [0.1, 0.15) is 5.69 Å². The lowest BCUT2D eigenvalue weighted by Gasteiger charge is -2.12. The van der Waals surface area contributed by atoms with E-state index in [-0.39, 0.29) is 28.1 Å². The molecule has 0 saturated heterocycles. The number of anilines is 2. The van der Waals surface area contributed by atoms with Crippen LogP contribution < -0.4 is 16.2 Å². The second kappa shape index (κ2) is 7.13. The van der Waals surface area contributed by atoms with Crippen LogP contribution in [0.5, 0.6) is 5.88 Å². The largest absolute Gasteiger partial charge is 0.493 e. The van der Waals surface area contributed by atoms with E-state index in [1.807, 2.05) is 0 Å². The molecular weight excluding hydrogens is 376 g/mol. The average molecular weight is 388 g/mol. The summed E-state index contributed by atoms with van der Waals surface area (Å²) >= 11 is 5.11. The Balaban J connectivity index is 1.71. The molecule has 0 unspecified atom stereocenters. The van der Waals surface area contributed by atoms with Crippen LogP contribution in [0.1, 0.15) is 0 Å². The van der Waals surface area contributed by atoms with Gasteiger partial charge in [0, 0.05) is 35.3 Å². The second-order valence-corrected chi connectivity index (χ2v) is 5.75. The molecule has 3 rings (SSSR count). The number of nitro groups is 2. The van der Waals surface area contributed by atoms with Gasteiger partial charge < -0.3 is 15.4 Å². The number of benzene rings is 2. The van der Waals surface area contributed by atoms with Gasteiger partial charge in [-0.2, -0.15) is 0 Å². The van der Waals surface area contributed by atoms with Crippen molar-refractivity contribution in [3.63, 3.8) is 0 Å².